The van der Waals surface area contributed by atoms with E-state index in [9.17, 15) is 0 Å². The highest BCUT2D eigenvalue weighted by Gasteiger charge is 2.21. The summed E-state index contributed by atoms with van der Waals surface area (Å²) in [5, 5.41) is 11.7. The van der Waals surface area contributed by atoms with E-state index in [0.717, 1.165) is 37.1 Å². The highest BCUT2D eigenvalue weighted by atomic mass is 15.3. The molecule has 2 rings (SSSR count). The molecule has 0 bridgehead atoms. The molecule has 0 aromatic carbocycles. The summed E-state index contributed by atoms with van der Waals surface area (Å²) in [6, 6.07) is 0.466. The summed E-state index contributed by atoms with van der Waals surface area (Å²) in [6.45, 7) is 8.64. The first-order chi connectivity index (χ1) is 6.68. The summed E-state index contributed by atoms with van der Waals surface area (Å²) in [7, 11) is 0. The summed E-state index contributed by atoms with van der Waals surface area (Å²) < 4.78 is 2.23. The molecule has 1 aromatic heterocycles. The third kappa shape index (κ3) is 1.66. The molecule has 0 radical (unpaired) electrons. The lowest BCUT2D eigenvalue weighted by molar-refractivity contribution is 0.334. The van der Waals surface area contributed by atoms with Crippen LogP contribution in [0.3, 0.4) is 0 Å². The predicted molar refractivity (Wildman–Crippen MR) is 55.2 cm³/mol. The molecule has 14 heavy (non-hydrogen) atoms. The minimum absolute atomic E-state index is 0.466. The van der Waals surface area contributed by atoms with Crippen LogP contribution in [0.25, 0.3) is 0 Å². The largest absolute Gasteiger partial charge is 0.316 e. The first-order valence-electron chi connectivity index (χ1n) is 5.29. The van der Waals surface area contributed by atoms with Crippen molar-refractivity contribution in [1.29, 1.82) is 0 Å². The Bertz CT molecular complexity index is 312. The molecule has 1 aliphatic rings. The van der Waals surface area contributed by atoms with Gasteiger partial charge in [0.05, 0.1) is 0 Å². The van der Waals surface area contributed by atoms with Gasteiger partial charge >= 0.3 is 0 Å². The van der Waals surface area contributed by atoms with Gasteiger partial charge in [0, 0.05) is 12.5 Å². The maximum atomic E-state index is 4.24. The lowest BCUT2D eigenvalue weighted by Crippen LogP contribution is -2.43. The second-order valence-corrected chi connectivity index (χ2v) is 4.36. The summed E-state index contributed by atoms with van der Waals surface area (Å²) >= 11 is 0. The highest BCUT2D eigenvalue weighted by Crippen LogP contribution is 2.16. The normalized spacial score (nSPS) is 17.4. The average Bonchev–Trinajstić information content (AvgIpc) is 2.39. The summed E-state index contributed by atoms with van der Waals surface area (Å²) in [5.74, 6) is 2.93. The van der Waals surface area contributed by atoms with Crippen molar-refractivity contribution in [3.63, 3.8) is 0 Å². The van der Waals surface area contributed by atoms with Gasteiger partial charge in [0.1, 0.15) is 11.6 Å². The molecule has 0 spiro atoms. The molecule has 0 aliphatic carbocycles. The quantitative estimate of drug-likeness (QED) is 0.778. The van der Waals surface area contributed by atoms with Crippen LogP contribution in [0.5, 0.6) is 0 Å². The molecule has 4 heteroatoms. The number of hydrogen-bond donors (Lipinski definition) is 1. The van der Waals surface area contributed by atoms with Crippen LogP contribution in [0.15, 0.2) is 0 Å². The van der Waals surface area contributed by atoms with Crippen LogP contribution >= 0.6 is 0 Å². The average molecular weight is 194 g/mol. The summed E-state index contributed by atoms with van der Waals surface area (Å²) in [5.41, 5.74) is 0. The smallest absolute Gasteiger partial charge is 0.133 e. The fourth-order valence-corrected chi connectivity index (χ4v) is 1.98. The standard InChI is InChI=1S/C10H18N4/c1-7(2)14-8(3)12-13-10(14)4-9-5-11-6-9/h7,9,11H,4-6H2,1-3H3. The highest BCUT2D eigenvalue weighted by molar-refractivity contribution is 4.99. The Kier molecular flexibility index (Phi) is 2.54. The molecule has 2 heterocycles. The molecule has 78 valence electrons. The van der Waals surface area contributed by atoms with E-state index in [-0.39, 0.29) is 0 Å². The van der Waals surface area contributed by atoms with Crippen molar-refractivity contribution in [2.75, 3.05) is 13.1 Å². The van der Waals surface area contributed by atoms with Gasteiger partial charge in [-0.2, -0.15) is 0 Å². The van der Waals surface area contributed by atoms with Gasteiger partial charge in [0.15, 0.2) is 0 Å². The van der Waals surface area contributed by atoms with E-state index in [4.69, 9.17) is 0 Å². The molecule has 0 saturated carbocycles. The van der Waals surface area contributed by atoms with Gasteiger partial charge in [-0.25, -0.2) is 0 Å². The number of nitrogens with one attached hydrogen (secondary N) is 1. The topological polar surface area (TPSA) is 42.7 Å². The molecular formula is C10H18N4. The monoisotopic (exact) mass is 194 g/mol. The van der Waals surface area contributed by atoms with E-state index < -0.39 is 0 Å². The molecule has 1 saturated heterocycles. The van der Waals surface area contributed by atoms with E-state index in [0.29, 0.717) is 6.04 Å². The fraction of sp³-hybridized carbons (Fsp3) is 0.800. The maximum Gasteiger partial charge on any atom is 0.133 e. The van der Waals surface area contributed by atoms with Crippen LogP contribution in [0.2, 0.25) is 0 Å². The van der Waals surface area contributed by atoms with E-state index in [2.05, 4.69) is 33.9 Å². The molecule has 4 nitrogen and oxygen atoms in total. The van der Waals surface area contributed by atoms with Crippen LogP contribution in [-0.2, 0) is 6.42 Å². The Balaban J connectivity index is 2.15. The van der Waals surface area contributed by atoms with Crippen LogP contribution in [0.4, 0.5) is 0 Å². The van der Waals surface area contributed by atoms with E-state index >= 15 is 0 Å². The van der Waals surface area contributed by atoms with Crippen molar-refractivity contribution >= 4 is 0 Å². The van der Waals surface area contributed by atoms with Crippen molar-refractivity contribution in [3.05, 3.63) is 11.6 Å². The van der Waals surface area contributed by atoms with E-state index in [1.54, 1.807) is 0 Å². The first-order valence-corrected chi connectivity index (χ1v) is 5.29. The van der Waals surface area contributed by atoms with Gasteiger partial charge in [-0.15, -0.1) is 10.2 Å². The van der Waals surface area contributed by atoms with Crippen molar-refractivity contribution in [1.82, 2.24) is 20.1 Å². The number of nitrogens with zero attached hydrogens (tertiary/aromatic N) is 3. The lowest BCUT2D eigenvalue weighted by atomic mass is 9.99. The fourth-order valence-electron chi connectivity index (χ4n) is 1.98. The number of aromatic nitrogens is 3. The van der Waals surface area contributed by atoms with Crippen LogP contribution in [-0.4, -0.2) is 27.9 Å². The van der Waals surface area contributed by atoms with E-state index in [1.165, 1.54) is 0 Å². The van der Waals surface area contributed by atoms with Gasteiger partial charge < -0.3 is 9.88 Å². The van der Waals surface area contributed by atoms with Gasteiger partial charge in [0.2, 0.25) is 0 Å². The summed E-state index contributed by atoms with van der Waals surface area (Å²) in [6.07, 6.45) is 1.06. The SMILES string of the molecule is Cc1nnc(CC2CNC2)n1C(C)C. The molecule has 1 fully saturated rings. The maximum absolute atomic E-state index is 4.24. The molecule has 0 unspecified atom stereocenters. The Morgan fingerprint density at radius 2 is 2.14 bits per heavy atom. The van der Waals surface area contributed by atoms with Crippen LogP contribution < -0.4 is 5.32 Å². The number of aryl methyl sites for hydroxylation is 1. The molecule has 1 N–H and O–H groups in total. The second kappa shape index (κ2) is 3.69. The van der Waals surface area contributed by atoms with Crippen LogP contribution in [0.1, 0.15) is 31.5 Å². The zero-order chi connectivity index (χ0) is 10.1. The molecular weight excluding hydrogens is 176 g/mol. The second-order valence-electron chi connectivity index (χ2n) is 4.36. The Labute approximate surface area is 84.7 Å². The van der Waals surface area contributed by atoms with Gasteiger partial charge in [-0.1, -0.05) is 0 Å². The number of rotatable bonds is 3. The van der Waals surface area contributed by atoms with Crippen molar-refractivity contribution in [3.8, 4) is 0 Å². The van der Waals surface area contributed by atoms with Crippen LogP contribution in [0, 0.1) is 12.8 Å². The van der Waals surface area contributed by atoms with Crippen molar-refractivity contribution in [2.45, 2.75) is 33.2 Å². The third-order valence-electron chi connectivity index (χ3n) is 2.79. The zero-order valence-corrected chi connectivity index (χ0v) is 9.12. The third-order valence-corrected chi connectivity index (χ3v) is 2.79. The van der Waals surface area contributed by atoms with Gasteiger partial charge in [0.25, 0.3) is 0 Å². The predicted octanol–water partition coefficient (Wildman–Crippen LogP) is 0.929. The number of hydrogen-bond acceptors (Lipinski definition) is 3. The summed E-state index contributed by atoms with van der Waals surface area (Å²) in [4.78, 5) is 0. The molecule has 0 atom stereocenters. The Morgan fingerprint density at radius 1 is 1.43 bits per heavy atom. The molecule has 1 aromatic rings. The molecule has 1 aliphatic heterocycles. The minimum atomic E-state index is 0.466. The van der Waals surface area contributed by atoms with Gasteiger partial charge in [-0.3, -0.25) is 0 Å². The van der Waals surface area contributed by atoms with Crippen molar-refractivity contribution < 1.29 is 0 Å². The first kappa shape index (κ1) is 9.65. The Morgan fingerprint density at radius 3 is 2.64 bits per heavy atom. The Hall–Kier alpha value is -0.900. The minimum Gasteiger partial charge on any atom is -0.316 e. The zero-order valence-electron chi connectivity index (χ0n) is 9.12. The van der Waals surface area contributed by atoms with E-state index in [1.807, 2.05) is 6.92 Å². The lowest BCUT2D eigenvalue weighted by Gasteiger charge is -2.27. The van der Waals surface area contributed by atoms with Gasteiger partial charge in [-0.05, 0) is 39.8 Å². The molecule has 0 amide bonds. The van der Waals surface area contributed by atoms with Crippen molar-refractivity contribution in [2.24, 2.45) is 5.92 Å².